The van der Waals surface area contributed by atoms with Gasteiger partial charge >= 0.3 is 5.97 Å². The molecule has 0 amide bonds. The molecule has 0 saturated carbocycles. The van der Waals surface area contributed by atoms with Crippen LogP contribution in [0.2, 0.25) is 0 Å². The van der Waals surface area contributed by atoms with Crippen LogP contribution < -0.4 is 4.74 Å². The average molecular weight is 303 g/mol. The molecular weight excluding hydrogens is 288 g/mol. The average Bonchev–Trinajstić information content (AvgIpc) is 2.26. The van der Waals surface area contributed by atoms with Gasteiger partial charge in [-0.25, -0.2) is 4.79 Å². The number of aliphatic hydroxyl groups is 1. The zero-order valence-electron chi connectivity index (χ0n) is 9.90. The molecule has 1 rings (SSSR count). The van der Waals surface area contributed by atoms with Crippen LogP contribution in [0.1, 0.15) is 37.0 Å². The third kappa shape index (κ3) is 2.98. The Balaban J connectivity index is 3.43. The third-order valence-electron chi connectivity index (χ3n) is 2.47. The molecule has 17 heavy (non-hydrogen) atoms. The molecule has 0 saturated heterocycles. The van der Waals surface area contributed by atoms with Crippen molar-refractivity contribution in [2.75, 3.05) is 7.11 Å². The van der Waals surface area contributed by atoms with E-state index in [9.17, 15) is 9.90 Å². The molecule has 1 atom stereocenters. The van der Waals surface area contributed by atoms with Crippen molar-refractivity contribution in [3.63, 3.8) is 0 Å². The molecule has 2 N–H and O–H groups in total. The zero-order chi connectivity index (χ0) is 13.2. The number of ether oxygens (including phenoxy) is 1. The molecule has 1 aromatic rings. The molecule has 1 unspecified atom stereocenters. The Labute approximate surface area is 108 Å². The van der Waals surface area contributed by atoms with Crippen molar-refractivity contribution in [3.05, 3.63) is 27.7 Å². The van der Waals surface area contributed by atoms with E-state index in [4.69, 9.17) is 9.84 Å². The molecule has 0 bridgehead atoms. The van der Waals surface area contributed by atoms with Gasteiger partial charge in [0, 0.05) is 10.0 Å². The van der Waals surface area contributed by atoms with Crippen LogP contribution in [-0.4, -0.2) is 23.3 Å². The van der Waals surface area contributed by atoms with E-state index in [2.05, 4.69) is 15.9 Å². The minimum atomic E-state index is -1.58. The van der Waals surface area contributed by atoms with E-state index in [0.29, 0.717) is 5.75 Å². The molecule has 0 heterocycles. The number of hydrogen-bond donors (Lipinski definition) is 2. The normalized spacial score (nSPS) is 12.6. The second-order valence-electron chi connectivity index (χ2n) is 4.01. The largest absolute Gasteiger partial charge is 0.496 e. The number of carboxylic acids is 1. The van der Waals surface area contributed by atoms with Gasteiger partial charge in [0.2, 0.25) is 0 Å². The zero-order valence-corrected chi connectivity index (χ0v) is 11.5. The monoisotopic (exact) mass is 302 g/mol. The summed E-state index contributed by atoms with van der Waals surface area (Å²) in [6, 6.07) is 3.42. The molecule has 5 heteroatoms. The summed E-state index contributed by atoms with van der Waals surface area (Å²) in [5.41, 5.74) is 1.12. The number of carbonyl (C=O) groups is 1. The lowest BCUT2D eigenvalue weighted by atomic mass is 9.97. The number of benzene rings is 1. The molecule has 0 aliphatic carbocycles. The van der Waals surface area contributed by atoms with Crippen molar-refractivity contribution in [3.8, 4) is 5.75 Å². The summed E-state index contributed by atoms with van der Waals surface area (Å²) in [5.74, 6) is -0.698. The van der Waals surface area contributed by atoms with Gasteiger partial charge in [-0.2, -0.15) is 0 Å². The van der Waals surface area contributed by atoms with Crippen LogP contribution in [-0.2, 0) is 4.79 Å². The van der Waals surface area contributed by atoms with Crippen LogP contribution in [0.4, 0.5) is 0 Å². The molecule has 4 nitrogen and oxygen atoms in total. The molecule has 1 aromatic carbocycles. The van der Waals surface area contributed by atoms with Gasteiger partial charge in [0.1, 0.15) is 5.75 Å². The topological polar surface area (TPSA) is 66.8 Å². The Bertz CT molecular complexity index is 429. The number of aliphatic carboxylic acids is 1. The van der Waals surface area contributed by atoms with Gasteiger partial charge < -0.3 is 14.9 Å². The third-order valence-corrected chi connectivity index (χ3v) is 2.92. The van der Waals surface area contributed by atoms with Gasteiger partial charge in [-0.1, -0.05) is 29.8 Å². The van der Waals surface area contributed by atoms with Crippen molar-refractivity contribution in [2.24, 2.45) is 0 Å². The first-order valence-electron chi connectivity index (χ1n) is 5.16. The van der Waals surface area contributed by atoms with E-state index in [1.165, 1.54) is 7.11 Å². The van der Waals surface area contributed by atoms with E-state index >= 15 is 0 Å². The molecule has 94 valence electrons. The number of halogens is 1. The lowest BCUT2D eigenvalue weighted by Gasteiger charge is -2.18. The highest BCUT2D eigenvalue weighted by atomic mass is 79.9. The van der Waals surface area contributed by atoms with Gasteiger partial charge in [-0.05, 0) is 23.6 Å². The Morgan fingerprint density at radius 1 is 1.35 bits per heavy atom. The van der Waals surface area contributed by atoms with Crippen molar-refractivity contribution < 1.29 is 19.7 Å². The van der Waals surface area contributed by atoms with E-state index < -0.39 is 12.1 Å². The maximum Gasteiger partial charge on any atom is 0.337 e. The van der Waals surface area contributed by atoms with E-state index in [-0.39, 0.29) is 11.5 Å². The Morgan fingerprint density at radius 2 is 1.88 bits per heavy atom. The van der Waals surface area contributed by atoms with Gasteiger partial charge in [-0.3, -0.25) is 0 Å². The highest BCUT2D eigenvalue weighted by Crippen LogP contribution is 2.36. The quantitative estimate of drug-likeness (QED) is 0.897. The fourth-order valence-electron chi connectivity index (χ4n) is 1.64. The van der Waals surface area contributed by atoms with Crippen LogP contribution in [0.3, 0.4) is 0 Å². The summed E-state index contributed by atoms with van der Waals surface area (Å²) in [6.45, 7) is 3.95. The molecule has 0 aromatic heterocycles. The fourth-order valence-corrected chi connectivity index (χ4v) is 2.13. The molecule has 0 spiro atoms. The minimum absolute atomic E-state index is 0.169. The predicted octanol–water partition coefficient (Wildman–Crippen LogP) is 2.70. The van der Waals surface area contributed by atoms with Crippen LogP contribution in [0.25, 0.3) is 0 Å². The maximum atomic E-state index is 10.8. The molecule has 0 radical (unpaired) electrons. The van der Waals surface area contributed by atoms with Gasteiger partial charge in [0.05, 0.1) is 7.11 Å². The van der Waals surface area contributed by atoms with Crippen molar-refractivity contribution in [1.82, 2.24) is 0 Å². The van der Waals surface area contributed by atoms with E-state index in [1.54, 1.807) is 6.07 Å². The molecule has 0 aliphatic rings. The summed E-state index contributed by atoms with van der Waals surface area (Å²) in [5, 5.41) is 18.5. The standard InChI is InChI=1S/C12H15BrO4/c1-6(2)8-4-7(13)5-9(11(8)17-3)10(14)12(15)16/h4-6,10,14H,1-3H3,(H,15,16). The smallest absolute Gasteiger partial charge is 0.337 e. The van der Waals surface area contributed by atoms with Crippen LogP contribution >= 0.6 is 15.9 Å². The summed E-state index contributed by atoms with van der Waals surface area (Å²) in [4.78, 5) is 10.8. The van der Waals surface area contributed by atoms with Crippen LogP contribution in [0.5, 0.6) is 5.75 Å². The summed E-state index contributed by atoms with van der Waals surface area (Å²) in [6.07, 6.45) is -1.58. The lowest BCUT2D eigenvalue weighted by Crippen LogP contribution is -2.13. The van der Waals surface area contributed by atoms with Crippen molar-refractivity contribution >= 4 is 21.9 Å². The number of hydrogen-bond acceptors (Lipinski definition) is 3. The summed E-state index contributed by atoms with van der Waals surface area (Å²) in [7, 11) is 1.47. The fraction of sp³-hybridized carbons (Fsp3) is 0.417. The first-order valence-corrected chi connectivity index (χ1v) is 5.96. The highest BCUT2D eigenvalue weighted by Gasteiger charge is 2.24. The number of carboxylic acid groups (broad SMARTS) is 1. The van der Waals surface area contributed by atoms with Crippen molar-refractivity contribution in [1.29, 1.82) is 0 Å². The Morgan fingerprint density at radius 3 is 2.29 bits per heavy atom. The van der Waals surface area contributed by atoms with Crippen molar-refractivity contribution in [2.45, 2.75) is 25.9 Å². The number of methoxy groups -OCH3 is 1. The second-order valence-corrected chi connectivity index (χ2v) is 4.93. The first-order chi connectivity index (χ1) is 7.88. The van der Waals surface area contributed by atoms with Gasteiger partial charge in [-0.15, -0.1) is 0 Å². The molecule has 0 aliphatic heterocycles. The highest BCUT2D eigenvalue weighted by molar-refractivity contribution is 9.10. The predicted molar refractivity (Wildman–Crippen MR) is 67.4 cm³/mol. The maximum absolute atomic E-state index is 10.8. The first kappa shape index (κ1) is 14.0. The molecular formula is C12H15BrO4. The summed E-state index contributed by atoms with van der Waals surface area (Å²) >= 11 is 3.30. The van der Waals surface area contributed by atoms with E-state index in [0.717, 1.165) is 10.0 Å². The minimum Gasteiger partial charge on any atom is -0.496 e. The SMILES string of the molecule is COc1c(C(C)C)cc(Br)cc1C(O)C(=O)O. The number of aliphatic hydroxyl groups excluding tert-OH is 1. The Kier molecular flexibility index (Phi) is 4.54. The lowest BCUT2D eigenvalue weighted by molar-refractivity contribution is -0.147. The van der Waals surface area contributed by atoms with Crippen LogP contribution in [0.15, 0.2) is 16.6 Å². The van der Waals surface area contributed by atoms with Gasteiger partial charge in [0.25, 0.3) is 0 Å². The van der Waals surface area contributed by atoms with Gasteiger partial charge in [0.15, 0.2) is 6.10 Å². The summed E-state index contributed by atoms with van der Waals surface area (Å²) < 4.78 is 5.94. The second kappa shape index (κ2) is 5.51. The van der Waals surface area contributed by atoms with E-state index in [1.807, 2.05) is 19.9 Å². The number of rotatable bonds is 4. The Hall–Kier alpha value is -1.07. The molecule has 0 fully saturated rings. The van der Waals surface area contributed by atoms with Crippen LogP contribution in [0, 0.1) is 0 Å².